The Kier molecular flexibility index (Phi) is 6.78. The number of ether oxygens (including phenoxy) is 1. The molecule has 0 atom stereocenters. The smallest absolute Gasteiger partial charge is 0.416 e. The molecule has 0 N–H and O–H groups in total. The van der Waals surface area contributed by atoms with Crippen LogP contribution in [0, 0.1) is 0 Å². The van der Waals surface area contributed by atoms with Crippen molar-refractivity contribution in [1.82, 2.24) is 0 Å². The third-order valence-electron chi connectivity index (χ3n) is 4.74. The molecule has 1 amide bonds. The summed E-state index contributed by atoms with van der Waals surface area (Å²) >= 11 is 12.2. The first-order chi connectivity index (χ1) is 15.7. The van der Waals surface area contributed by atoms with E-state index < -0.39 is 17.6 Å². The first-order valence-electron chi connectivity index (χ1n) is 9.64. The average Bonchev–Trinajstić information content (AvgIpc) is 3.06. The number of alkyl halides is 3. The summed E-state index contributed by atoms with van der Waals surface area (Å²) in [5.41, 5.74) is 0.794. The Balaban J connectivity index is 1.57. The molecule has 0 spiro atoms. The highest BCUT2D eigenvalue weighted by atomic mass is 35.5. The molecule has 168 valence electrons. The largest absolute Gasteiger partial charge is 0.488 e. The fourth-order valence-electron chi connectivity index (χ4n) is 3.13. The lowest BCUT2D eigenvalue weighted by Crippen LogP contribution is -2.27. The first kappa shape index (κ1) is 23.4. The van der Waals surface area contributed by atoms with E-state index >= 15 is 0 Å². The molecule has 1 aliphatic rings. The van der Waals surface area contributed by atoms with Crippen LogP contribution in [0.4, 0.5) is 18.9 Å². The van der Waals surface area contributed by atoms with E-state index in [4.69, 9.17) is 28.6 Å². The summed E-state index contributed by atoms with van der Waals surface area (Å²) in [6, 6.07) is 18.9. The van der Waals surface area contributed by atoms with E-state index in [1.165, 1.54) is 12.1 Å². The van der Waals surface area contributed by atoms with Crippen molar-refractivity contribution in [3.63, 3.8) is 0 Å². The summed E-state index contributed by atoms with van der Waals surface area (Å²) in [7, 11) is 0. The highest BCUT2D eigenvalue weighted by molar-refractivity contribution is 8.27. The fourth-order valence-corrected chi connectivity index (χ4v) is 4.54. The lowest BCUT2D eigenvalue weighted by molar-refractivity contribution is -0.137. The number of halogens is 4. The predicted molar refractivity (Wildman–Crippen MR) is 129 cm³/mol. The van der Waals surface area contributed by atoms with Gasteiger partial charge in [-0.2, -0.15) is 13.2 Å². The number of amides is 1. The molecule has 3 aromatic rings. The molecule has 1 aliphatic heterocycles. The predicted octanol–water partition coefficient (Wildman–Crippen LogP) is 7.34. The highest BCUT2D eigenvalue weighted by Crippen LogP contribution is 2.39. The molecule has 0 aromatic heterocycles. The molecule has 0 saturated carbocycles. The van der Waals surface area contributed by atoms with Crippen LogP contribution in [0.15, 0.2) is 77.7 Å². The lowest BCUT2D eigenvalue weighted by atomic mass is 10.1. The third-order valence-corrected chi connectivity index (χ3v) is 6.29. The zero-order chi connectivity index (χ0) is 23.6. The van der Waals surface area contributed by atoms with Crippen molar-refractivity contribution < 1.29 is 22.7 Å². The van der Waals surface area contributed by atoms with Gasteiger partial charge in [-0.15, -0.1) is 0 Å². The van der Waals surface area contributed by atoms with E-state index in [2.05, 4.69) is 0 Å². The van der Waals surface area contributed by atoms with E-state index in [0.29, 0.717) is 27.8 Å². The van der Waals surface area contributed by atoms with E-state index in [-0.39, 0.29) is 10.0 Å². The van der Waals surface area contributed by atoms with Gasteiger partial charge in [-0.1, -0.05) is 72.0 Å². The number of hydrogen-bond acceptors (Lipinski definition) is 4. The van der Waals surface area contributed by atoms with Gasteiger partial charge in [-0.3, -0.25) is 9.69 Å². The maximum Gasteiger partial charge on any atom is 0.416 e. The molecule has 0 aliphatic carbocycles. The van der Waals surface area contributed by atoms with Crippen LogP contribution in [0.3, 0.4) is 0 Å². The van der Waals surface area contributed by atoms with Gasteiger partial charge in [-0.05, 0) is 48.0 Å². The maximum atomic E-state index is 13.1. The average molecular weight is 506 g/mol. The molecule has 3 nitrogen and oxygen atoms in total. The zero-order valence-corrected chi connectivity index (χ0v) is 19.2. The molecule has 3 aromatic carbocycles. The monoisotopic (exact) mass is 505 g/mol. The standard InChI is InChI=1S/C24H15ClF3NO2S2/c25-18-10-8-15(9-11-18)14-31-20-7-2-1-4-16(20)12-21-22(30)29(23(32)33-21)19-6-3-5-17(13-19)24(26,27)28/h1-13H,14H2. The normalized spacial score (nSPS) is 15.4. The second-order valence-corrected chi connectivity index (χ2v) is 9.13. The van der Waals surface area contributed by atoms with Gasteiger partial charge >= 0.3 is 6.18 Å². The van der Waals surface area contributed by atoms with Gasteiger partial charge in [0.2, 0.25) is 0 Å². The molecule has 0 bridgehead atoms. The van der Waals surface area contributed by atoms with Gasteiger partial charge in [0.25, 0.3) is 5.91 Å². The molecule has 33 heavy (non-hydrogen) atoms. The van der Waals surface area contributed by atoms with Crippen LogP contribution in [0.5, 0.6) is 5.75 Å². The Labute approximate surface area is 202 Å². The minimum absolute atomic E-state index is 0.0722. The zero-order valence-electron chi connectivity index (χ0n) is 16.8. The topological polar surface area (TPSA) is 29.5 Å². The SMILES string of the molecule is O=C1C(=Cc2ccccc2OCc2ccc(Cl)cc2)SC(=S)N1c1cccc(C(F)(F)F)c1. The van der Waals surface area contributed by atoms with Crippen LogP contribution >= 0.6 is 35.6 Å². The summed E-state index contributed by atoms with van der Waals surface area (Å²) in [6.07, 6.45) is -2.89. The summed E-state index contributed by atoms with van der Waals surface area (Å²) in [5.74, 6) is 0.0635. The number of thioether (sulfide) groups is 1. The van der Waals surface area contributed by atoms with Crippen molar-refractivity contribution in [2.45, 2.75) is 12.8 Å². The summed E-state index contributed by atoms with van der Waals surface area (Å²) in [5, 5.41) is 0.627. The number of para-hydroxylation sites is 1. The molecule has 1 saturated heterocycles. The molecular formula is C24H15ClF3NO2S2. The Hall–Kier alpha value is -2.81. The highest BCUT2D eigenvalue weighted by Gasteiger charge is 2.36. The van der Waals surface area contributed by atoms with Crippen molar-refractivity contribution in [3.05, 3.63) is 99.4 Å². The van der Waals surface area contributed by atoms with Crippen LogP contribution < -0.4 is 9.64 Å². The van der Waals surface area contributed by atoms with E-state index in [0.717, 1.165) is 34.4 Å². The summed E-state index contributed by atoms with van der Waals surface area (Å²) < 4.78 is 45.4. The Morgan fingerprint density at radius 1 is 1.03 bits per heavy atom. The van der Waals surface area contributed by atoms with Crippen LogP contribution in [0.1, 0.15) is 16.7 Å². The number of carbonyl (C=O) groups excluding carboxylic acids is 1. The van der Waals surface area contributed by atoms with Crippen LogP contribution in [-0.4, -0.2) is 10.2 Å². The van der Waals surface area contributed by atoms with Crippen LogP contribution in [0.25, 0.3) is 6.08 Å². The number of nitrogens with zero attached hydrogens (tertiary/aromatic N) is 1. The summed E-state index contributed by atoms with van der Waals surface area (Å²) in [4.78, 5) is 14.4. The van der Waals surface area contributed by atoms with Crippen molar-refractivity contribution in [2.24, 2.45) is 0 Å². The number of benzene rings is 3. The van der Waals surface area contributed by atoms with Crippen LogP contribution in [-0.2, 0) is 17.6 Å². The maximum absolute atomic E-state index is 13.1. The molecule has 0 unspecified atom stereocenters. The minimum Gasteiger partial charge on any atom is -0.488 e. The van der Waals surface area contributed by atoms with E-state index in [1.807, 2.05) is 18.2 Å². The third kappa shape index (κ3) is 5.40. The fraction of sp³-hybridized carbons (Fsp3) is 0.0833. The Morgan fingerprint density at radius 3 is 2.48 bits per heavy atom. The minimum atomic E-state index is -4.52. The van der Waals surface area contributed by atoms with Crippen molar-refractivity contribution in [2.75, 3.05) is 4.90 Å². The van der Waals surface area contributed by atoms with Gasteiger partial charge in [0.15, 0.2) is 4.32 Å². The van der Waals surface area contributed by atoms with Crippen LogP contribution in [0.2, 0.25) is 5.02 Å². The molecule has 4 rings (SSSR count). The van der Waals surface area contributed by atoms with Crippen molar-refractivity contribution in [3.8, 4) is 5.75 Å². The Morgan fingerprint density at radius 2 is 1.76 bits per heavy atom. The first-order valence-corrected chi connectivity index (χ1v) is 11.2. The number of anilines is 1. The van der Waals surface area contributed by atoms with Gasteiger partial charge in [0.1, 0.15) is 12.4 Å². The quantitative estimate of drug-likeness (QED) is 0.268. The van der Waals surface area contributed by atoms with Gasteiger partial charge in [0, 0.05) is 10.6 Å². The van der Waals surface area contributed by atoms with Gasteiger partial charge in [-0.25, -0.2) is 0 Å². The molecule has 1 heterocycles. The second kappa shape index (κ2) is 9.59. The van der Waals surface area contributed by atoms with Gasteiger partial charge < -0.3 is 4.74 Å². The van der Waals surface area contributed by atoms with Crippen molar-refractivity contribution in [1.29, 1.82) is 0 Å². The lowest BCUT2D eigenvalue weighted by Gasteiger charge is -2.16. The van der Waals surface area contributed by atoms with E-state index in [1.54, 1.807) is 36.4 Å². The second-order valence-electron chi connectivity index (χ2n) is 7.02. The molecular weight excluding hydrogens is 491 g/mol. The van der Waals surface area contributed by atoms with Crippen molar-refractivity contribution >= 4 is 57.6 Å². The number of thiocarbonyl (C=S) groups is 1. The number of hydrogen-bond donors (Lipinski definition) is 0. The number of carbonyl (C=O) groups is 1. The van der Waals surface area contributed by atoms with E-state index in [9.17, 15) is 18.0 Å². The molecule has 1 fully saturated rings. The Bertz CT molecular complexity index is 1240. The van der Waals surface area contributed by atoms with Gasteiger partial charge in [0.05, 0.1) is 16.2 Å². The number of rotatable bonds is 5. The molecule has 0 radical (unpaired) electrons. The molecule has 9 heteroatoms. The summed E-state index contributed by atoms with van der Waals surface area (Å²) in [6.45, 7) is 0.299.